The molecule has 3 heteroatoms. The second-order valence-electron chi connectivity index (χ2n) is 5.45. The average Bonchev–Trinajstić information content (AvgIpc) is 2.59. The van der Waals surface area contributed by atoms with E-state index in [1.165, 1.54) is 11.1 Å². The number of hydrogen-bond donors (Lipinski definition) is 2. The lowest BCUT2D eigenvalue weighted by Crippen LogP contribution is -2.06. The summed E-state index contributed by atoms with van der Waals surface area (Å²) in [5.74, 6) is 0.559. The molecule has 2 N–H and O–H groups in total. The zero-order chi connectivity index (χ0) is 16.2. The van der Waals surface area contributed by atoms with Crippen molar-refractivity contribution in [2.24, 2.45) is 0 Å². The molecule has 0 amide bonds. The molecule has 0 heterocycles. The number of phenols is 2. The first-order valence-electron chi connectivity index (χ1n) is 7.40. The highest BCUT2D eigenvalue weighted by molar-refractivity contribution is 9.08. The molecule has 0 aromatic heterocycles. The van der Waals surface area contributed by atoms with Crippen LogP contribution in [0.5, 0.6) is 11.5 Å². The van der Waals surface area contributed by atoms with Gasteiger partial charge in [0.05, 0.1) is 0 Å². The molecule has 0 saturated heterocycles. The summed E-state index contributed by atoms with van der Waals surface area (Å²) in [5.41, 5.74) is 4.63. The molecule has 0 unspecified atom stereocenters. The Morgan fingerprint density at radius 3 is 1.65 bits per heavy atom. The average molecular weight is 369 g/mol. The molecule has 116 valence electrons. The van der Waals surface area contributed by atoms with Crippen molar-refractivity contribution >= 4 is 15.9 Å². The van der Waals surface area contributed by atoms with E-state index in [9.17, 15) is 10.2 Å². The van der Waals surface area contributed by atoms with Crippen molar-refractivity contribution in [1.82, 2.24) is 0 Å². The second kappa shape index (κ2) is 6.88. The smallest absolute Gasteiger partial charge is 0.115 e. The molecule has 0 radical (unpaired) electrons. The third kappa shape index (κ3) is 3.40. The fraction of sp³-hybridized carbons (Fsp3) is 0.100. The largest absolute Gasteiger partial charge is 0.508 e. The Hall–Kier alpha value is -2.26. The summed E-state index contributed by atoms with van der Waals surface area (Å²) in [6.07, 6.45) is 0. The van der Waals surface area contributed by atoms with Crippen molar-refractivity contribution in [3.05, 3.63) is 95.1 Å². The molecular formula is C20H17BrO2. The number of alkyl halides is 1. The van der Waals surface area contributed by atoms with Crippen molar-refractivity contribution < 1.29 is 10.2 Å². The van der Waals surface area contributed by atoms with Gasteiger partial charge in [-0.15, -0.1) is 0 Å². The molecule has 23 heavy (non-hydrogen) atoms. The number of rotatable bonds is 4. The van der Waals surface area contributed by atoms with Gasteiger partial charge in [0.2, 0.25) is 0 Å². The molecule has 3 aromatic carbocycles. The summed E-state index contributed by atoms with van der Waals surface area (Å²) in [7, 11) is 0. The Morgan fingerprint density at radius 2 is 1.17 bits per heavy atom. The van der Waals surface area contributed by atoms with Gasteiger partial charge in [-0.05, 0) is 46.5 Å². The Labute approximate surface area is 144 Å². The van der Waals surface area contributed by atoms with Gasteiger partial charge in [-0.1, -0.05) is 64.5 Å². The summed E-state index contributed by atoms with van der Waals surface area (Å²) in [6.45, 7) is 0. The molecule has 2 nitrogen and oxygen atoms in total. The van der Waals surface area contributed by atoms with Gasteiger partial charge in [0, 0.05) is 11.2 Å². The van der Waals surface area contributed by atoms with Crippen LogP contribution in [0.25, 0.3) is 0 Å². The highest BCUT2D eigenvalue weighted by Gasteiger charge is 2.19. The Balaban J connectivity index is 2.17. The van der Waals surface area contributed by atoms with E-state index in [-0.39, 0.29) is 17.4 Å². The number of hydrogen-bond acceptors (Lipinski definition) is 2. The van der Waals surface area contributed by atoms with Gasteiger partial charge in [0.25, 0.3) is 0 Å². The maximum atomic E-state index is 9.58. The molecule has 3 rings (SSSR count). The first kappa shape index (κ1) is 15.6. The van der Waals surface area contributed by atoms with Crippen molar-refractivity contribution in [2.75, 3.05) is 0 Å². The van der Waals surface area contributed by atoms with Crippen LogP contribution in [0, 0.1) is 0 Å². The molecular weight excluding hydrogens is 352 g/mol. The number of phenolic OH excluding ortho intramolecular Hbond substituents is 2. The molecule has 0 atom stereocenters. The van der Waals surface area contributed by atoms with E-state index in [1.807, 2.05) is 36.4 Å². The molecule has 0 fully saturated rings. The van der Waals surface area contributed by atoms with Crippen molar-refractivity contribution in [2.45, 2.75) is 11.2 Å². The van der Waals surface area contributed by atoms with Crippen LogP contribution in [0.15, 0.2) is 72.8 Å². The van der Waals surface area contributed by atoms with Crippen LogP contribution in [-0.4, -0.2) is 10.2 Å². The fourth-order valence-corrected chi connectivity index (χ4v) is 3.33. The molecule has 0 bridgehead atoms. The summed E-state index contributed by atoms with van der Waals surface area (Å²) >= 11 is 3.56. The standard InChI is InChI=1S/C20H17BrO2/c21-13-16-3-1-2-4-19(16)20(14-5-9-17(22)10-6-14)15-7-11-18(23)12-8-15/h1-12,20,22-23H,13H2. The lowest BCUT2D eigenvalue weighted by Gasteiger charge is -2.21. The minimum absolute atomic E-state index is 0.0462. The highest BCUT2D eigenvalue weighted by atomic mass is 79.9. The third-order valence-electron chi connectivity index (χ3n) is 3.96. The second-order valence-corrected chi connectivity index (χ2v) is 6.01. The first-order chi connectivity index (χ1) is 11.2. The number of aromatic hydroxyl groups is 2. The lowest BCUT2D eigenvalue weighted by atomic mass is 9.83. The van der Waals surface area contributed by atoms with Gasteiger partial charge in [-0.3, -0.25) is 0 Å². The van der Waals surface area contributed by atoms with E-state index < -0.39 is 0 Å². The topological polar surface area (TPSA) is 40.5 Å². The van der Waals surface area contributed by atoms with Crippen molar-refractivity contribution in [3.8, 4) is 11.5 Å². The predicted molar refractivity (Wildman–Crippen MR) is 96.2 cm³/mol. The Kier molecular flexibility index (Phi) is 4.68. The van der Waals surface area contributed by atoms with E-state index in [2.05, 4.69) is 28.1 Å². The van der Waals surface area contributed by atoms with E-state index in [1.54, 1.807) is 24.3 Å². The van der Waals surface area contributed by atoms with Crippen LogP contribution >= 0.6 is 15.9 Å². The third-order valence-corrected chi connectivity index (χ3v) is 4.57. The van der Waals surface area contributed by atoms with Gasteiger partial charge in [-0.25, -0.2) is 0 Å². The molecule has 0 aliphatic heterocycles. The minimum Gasteiger partial charge on any atom is -0.508 e. The highest BCUT2D eigenvalue weighted by Crippen LogP contribution is 2.35. The molecule has 0 aliphatic carbocycles. The predicted octanol–water partition coefficient (Wildman–Crippen LogP) is 5.17. The van der Waals surface area contributed by atoms with Crippen molar-refractivity contribution in [1.29, 1.82) is 0 Å². The normalized spacial score (nSPS) is 10.9. The van der Waals surface area contributed by atoms with Crippen LogP contribution in [0.1, 0.15) is 28.2 Å². The first-order valence-corrected chi connectivity index (χ1v) is 8.53. The summed E-state index contributed by atoms with van der Waals surface area (Å²) in [5, 5.41) is 19.9. The van der Waals surface area contributed by atoms with Crippen molar-refractivity contribution in [3.63, 3.8) is 0 Å². The summed E-state index contributed by atoms with van der Waals surface area (Å²) in [6, 6.07) is 22.9. The number of halogens is 1. The van der Waals surface area contributed by atoms with E-state index in [0.29, 0.717) is 0 Å². The molecule has 0 spiro atoms. The van der Waals surface area contributed by atoms with Crippen LogP contribution in [0.2, 0.25) is 0 Å². The van der Waals surface area contributed by atoms with Gasteiger partial charge in [0.1, 0.15) is 11.5 Å². The quantitative estimate of drug-likeness (QED) is 0.492. The van der Waals surface area contributed by atoms with E-state index >= 15 is 0 Å². The summed E-state index contributed by atoms with van der Waals surface area (Å²) < 4.78 is 0. The zero-order valence-corrected chi connectivity index (χ0v) is 14.1. The van der Waals surface area contributed by atoms with Crippen LogP contribution in [0.4, 0.5) is 0 Å². The molecule has 3 aromatic rings. The monoisotopic (exact) mass is 368 g/mol. The SMILES string of the molecule is Oc1ccc(C(c2ccc(O)cc2)c2ccccc2CBr)cc1. The lowest BCUT2D eigenvalue weighted by molar-refractivity contribution is 0.475. The van der Waals surface area contributed by atoms with Crippen LogP contribution in [0.3, 0.4) is 0 Å². The van der Waals surface area contributed by atoms with Gasteiger partial charge < -0.3 is 10.2 Å². The minimum atomic E-state index is 0.0462. The van der Waals surface area contributed by atoms with E-state index in [0.717, 1.165) is 16.5 Å². The summed E-state index contributed by atoms with van der Waals surface area (Å²) in [4.78, 5) is 0. The molecule has 0 saturated carbocycles. The number of benzene rings is 3. The Morgan fingerprint density at radius 1 is 0.696 bits per heavy atom. The van der Waals surface area contributed by atoms with E-state index in [4.69, 9.17) is 0 Å². The maximum Gasteiger partial charge on any atom is 0.115 e. The molecule has 0 aliphatic rings. The van der Waals surface area contributed by atoms with Gasteiger partial charge >= 0.3 is 0 Å². The van der Waals surface area contributed by atoms with Gasteiger partial charge in [0.15, 0.2) is 0 Å². The van der Waals surface area contributed by atoms with Crippen LogP contribution in [-0.2, 0) is 5.33 Å². The van der Waals surface area contributed by atoms with Gasteiger partial charge in [-0.2, -0.15) is 0 Å². The maximum absolute atomic E-state index is 9.58. The zero-order valence-electron chi connectivity index (χ0n) is 12.5. The fourth-order valence-electron chi connectivity index (χ4n) is 2.82. The van der Waals surface area contributed by atoms with Crippen LogP contribution < -0.4 is 0 Å². The Bertz CT molecular complexity index is 734.